The molecule has 0 spiro atoms. The lowest BCUT2D eigenvalue weighted by atomic mass is 10.0. The van der Waals surface area contributed by atoms with E-state index in [0.29, 0.717) is 21.9 Å². The number of nitriles is 1. The van der Waals surface area contributed by atoms with E-state index in [9.17, 15) is 28.9 Å². The molecule has 0 aliphatic heterocycles. The number of hydrogen-bond acceptors (Lipinski definition) is 6. The second-order valence-electron chi connectivity index (χ2n) is 5.84. The van der Waals surface area contributed by atoms with Gasteiger partial charge in [0.25, 0.3) is 15.7 Å². The van der Waals surface area contributed by atoms with Crippen LogP contribution in [0.4, 0.5) is 11.4 Å². The summed E-state index contributed by atoms with van der Waals surface area (Å²) in [6.07, 6.45) is 0. The van der Waals surface area contributed by atoms with Crippen LogP contribution in [-0.4, -0.2) is 18.4 Å². The Bertz CT molecular complexity index is 1230. The molecule has 0 radical (unpaired) electrons. The molecule has 0 aliphatic carbocycles. The van der Waals surface area contributed by atoms with Gasteiger partial charge in [-0.3, -0.25) is 14.8 Å². The molecule has 0 saturated carbocycles. The molecule has 2 N–H and O–H groups in total. The molecular formula is C18H13N3O5S. The lowest BCUT2D eigenvalue weighted by molar-refractivity contribution is -0.387. The first-order valence-electron chi connectivity index (χ1n) is 7.66. The number of nitrogens with one attached hydrogen (secondary N) is 1. The predicted octanol–water partition coefficient (Wildman–Crippen LogP) is 3.43. The molecule has 0 aliphatic rings. The molecule has 0 unspecified atom stereocenters. The van der Waals surface area contributed by atoms with Gasteiger partial charge < -0.3 is 5.11 Å². The number of phenols is 1. The molecule has 0 saturated heterocycles. The van der Waals surface area contributed by atoms with Crippen molar-refractivity contribution in [2.75, 3.05) is 4.72 Å². The molecule has 0 fully saturated rings. The summed E-state index contributed by atoms with van der Waals surface area (Å²) in [5, 5.41) is 30.9. The fourth-order valence-electron chi connectivity index (χ4n) is 2.72. The van der Waals surface area contributed by atoms with Gasteiger partial charge in [-0.05, 0) is 48.9 Å². The summed E-state index contributed by atoms with van der Waals surface area (Å²) in [6, 6.07) is 12.8. The number of sulfonamides is 1. The highest BCUT2D eigenvalue weighted by Gasteiger charge is 2.26. The van der Waals surface area contributed by atoms with Gasteiger partial charge >= 0.3 is 0 Å². The van der Waals surface area contributed by atoms with Crippen LogP contribution in [0.3, 0.4) is 0 Å². The second kappa shape index (κ2) is 6.59. The zero-order chi connectivity index (χ0) is 19.8. The third-order valence-electron chi connectivity index (χ3n) is 3.97. The molecule has 27 heavy (non-hydrogen) atoms. The van der Waals surface area contributed by atoms with Crippen molar-refractivity contribution in [3.63, 3.8) is 0 Å². The molecule has 136 valence electrons. The molecule has 9 heteroatoms. The Balaban J connectivity index is 2.17. The molecule has 8 nitrogen and oxygen atoms in total. The predicted molar refractivity (Wildman–Crippen MR) is 99.0 cm³/mol. The number of rotatable bonds is 4. The summed E-state index contributed by atoms with van der Waals surface area (Å²) in [6.45, 7) is 1.62. The Morgan fingerprint density at radius 2 is 1.85 bits per heavy atom. The monoisotopic (exact) mass is 383 g/mol. The van der Waals surface area contributed by atoms with Crippen LogP contribution >= 0.6 is 0 Å². The summed E-state index contributed by atoms with van der Waals surface area (Å²) >= 11 is 0. The maximum absolute atomic E-state index is 12.8. The Hall–Kier alpha value is -3.64. The number of aryl methyl sites for hydroxylation is 1. The van der Waals surface area contributed by atoms with E-state index in [0.717, 1.165) is 0 Å². The minimum atomic E-state index is -4.29. The quantitative estimate of drug-likeness (QED) is 0.524. The molecule has 0 aromatic heterocycles. The number of anilines is 1. The van der Waals surface area contributed by atoms with E-state index in [1.54, 1.807) is 6.92 Å². The van der Waals surface area contributed by atoms with Gasteiger partial charge in [-0.2, -0.15) is 5.26 Å². The van der Waals surface area contributed by atoms with E-state index in [-0.39, 0.29) is 11.4 Å². The molecule has 3 aromatic carbocycles. The maximum atomic E-state index is 12.8. The number of nitro benzene ring substituents is 1. The van der Waals surface area contributed by atoms with Crippen LogP contribution in [0.1, 0.15) is 11.1 Å². The number of aromatic hydroxyl groups is 1. The average Bonchev–Trinajstić information content (AvgIpc) is 2.61. The number of phenolic OH excluding ortho intramolecular Hbond substituents is 1. The van der Waals surface area contributed by atoms with Crippen molar-refractivity contribution < 1.29 is 18.4 Å². The van der Waals surface area contributed by atoms with E-state index in [1.165, 1.54) is 48.5 Å². The molecule has 0 atom stereocenters. The fraction of sp³-hybridized carbons (Fsp3) is 0.0556. The highest BCUT2D eigenvalue weighted by molar-refractivity contribution is 7.92. The summed E-state index contributed by atoms with van der Waals surface area (Å²) in [7, 11) is -4.29. The van der Waals surface area contributed by atoms with Crippen LogP contribution < -0.4 is 4.72 Å². The third kappa shape index (κ3) is 3.38. The van der Waals surface area contributed by atoms with Crippen LogP contribution in [0.5, 0.6) is 5.75 Å². The first kappa shape index (κ1) is 18.2. The van der Waals surface area contributed by atoms with Gasteiger partial charge in [0.1, 0.15) is 5.75 Å². The highest BCUT2D eigenvalue weighted by atomic mass is 32.2. The van der Waals surface area contributed by atoms with Gasteiger partial charge in [0.05, 0.1) is 22.2 Å². The highest BCUT2D eigenvalue weighted by Crippen LogP contribution is 2.33. The Labute approximate surface area is 154 Å². The van der Waals surface area contributed by atoms with E-state index in [2.05, 4.69) is 4.72 Å². The van der Waals surface area contributed by atoms with Crippen LogP contribution in [-0.2, 0) is 10.0 Å². The number of fused-ring (bicyclic) bond motifs is 1. The number of hydrogen-bond donors (Lipinski definition) is 2. The SMILES string of the molecule is Cc1ccc(S(=O)(=O)Nc2ccc(C#N)c3ccc(O)cc23)c([N+](=O)[O-])c1. The average molecular weight is 383 g/mol. The van der Waals surface area contributed by atoms with Crippen molar-refractivity contribution in [3.05, 3.63) is 69.8 Å². The molecular weight excluding hydrogens is 370 g/mol. The molecule has 0 amide bonds. The second-order valence-corrected chi connectivity index (χ2v) is 7.49. The van der Waals surface area contributed by atoms with Crippen molar-refractivity contribution >= 4 is 32.2 Å². The van der Waals surface area contributed by atoms with E-state index in [4.69, 9.17) is 0 Å². The number of benzene rings is 3. The lowest BCUT2D eigenvalue weighted by Gasteiger charge is -2.12. The first-order valence-corrected chi connectivity index (χ1v) is 9.15. The van der Waals surface area contributed by atoms with Gasteiger partial charge in [0.2, 0.25) is 0 Å². The molecule has 0 heterocycles. The first-order chi connectivity index (χ1) is 12.7. The Morgan fingerprint density at radius 3 is 2.52 bits per heavy atom. The molecule has 3 aromatic rings. The smallest absolute Gasteiger partial charge is 0.290 e. The van der Waals surface area contributed by atoms with Gasteiger partial charge in [-0.15, -0.1) is 0 Å². The van der Waals surface area contributed by atoms with Crippen LogP contribution in [0.25, 0.3) is 10.8 Å². The largest absolute Gasteiger partial charge is 0.508 e. The van der Waals surface area contributed by atoms with Crippen molar-refractivity contribution in [2.24, 2.45) is 0 Å². The van der Waals surface area contributed by atoms with Crippen molar-refractivity contribution in [2.45, 2.75) is 11.8 Å². The van der Waals surface area contributed by atoms with Crippen LogP contribution in [0, 0.1) is 28.4 Å². The van der Waals surface area contributed by atoms with Crippen molar-refractivity contribution in [1.29, 1.82) is 5.26 Å². The van der Waals surface area contributed by atoms with Gasteiger partial charge in [-0.25, -0.2) is 8.42 Å². The number of nitrogens with zero attached hydrogens (tertiary/aromatic N) is 2. The Morgan fingerprint density at radius 1 is 1.11 bits per heavy atom. The topological polar surface area (TPSA) is 133 Å². The minimum Gasteiger partial charge on any atom is -0.508 e. The third-order valence-corrected chi connectivity index (χ3v) is 5.38. The van der Waals surface area contributed by atoms with Crippen molar-refractivity contribution in [3.8, 4) is 11.8 Å². The van der Waals surface area contributed by atoms with Crippen molar-refractivity contribution in [1.82, 2.24) is 0 Å². The molecule has 3 rings (SSSR count). The Kier molecular flexibility index (Phi) is 4.43. The van der Waals surface area contributed by atoms with Crippen LogP contribution in [0.2, 0.25) is 0 Å². The maximum Gasteiger partial charge on any atom is 0.290 e. The summed E-state index contributed by atoms with van der Waals surface area (Å²) in [5.41, 5.74) is 0.404. The van der Waals surface area contributed by atoms with E-state index < -0.39 is 25.5 Å². The summed E-state index contributed by atoms with van der Waals surface area (Å²) < 4.78 is 27.9. The van der Waals surface area contributed by atoms with E-state index in [1.807, 2.05) is 6.07 Å². The van der Waals surface area contributed by atoms with Gasteiger partial charge in [0.15, 0.2) is 4.90 Å². The summed E-state index contributed by atoms with van der Waals surface area (Å²) in [5.74, 6) is -0.112. The van der Waals surface area contributed by atoms with Gasteiger partial charge in [0, 0.05) is 16.8 Å². The zero-order valence-corrected chi connectivity index (χ0v) is 14.8. The van der Waals surface area contributed by atoms with E-state index >= 15 is 0 Å². The van der Waals surface area contributed by atoms with Gasteiger partial charge in [-0.1, -0.05) is 6.07 Å². The number of nitro groups is 1. The normalized spacial score (nSPS) is 11.1. The zero-order valence-electron chi connectivity index (χ0n) is 14.0. The summed E-state index contributed by atoms with van der Waals surface area (Å²) in [4.78, 5) is 10.0. The lowest BCUT2D eigenvalue weighted by Crippen LogP contribution is -2.15. The molecule has 0 bridgehead atoms. The minimum absolute atomic E-state index is 0.0924. The van der Waals surface area contributed by atoms with Crippen LogP contribution in [0.15, 0.2) is 53.4 Å². The fourth-order valence-corrected chi connectivity index (χ4v) is 3.95. The standard InChI is InChI=1S/C18H13N3O5S/c1-11-2-7-18(17(8-11)21(23)24)27(25,26)20-16-6-3-12(10-19)14-5-4-13(22)9-15(14)16/h2-9,20,22H,1H3.